The average molecular weight is 245 g/mol. The summed E-state index contributed by atoms with van der Waals surface area (Å²) in [5.41, 5.74) is -1.20. The number of ketones is 1. The topological polar surface area (TPSA) is 54.4 Å². The van der Waals surface area contributed by atoms with Crippen LogP contribution in [-0.2, 0) is 9.59 Å². The Labute approximate surface area is 84.3 Å². The predicted octanol–water partition coefficient (Wildman–Crippen LogP) is 1.11. The highest BCUT2D eigenvalue weighted by Crippen LogP contribution is 2.27. The smallest absolute Gasteiger partial charge is 0.198 e. The Morgan fingerprint density at radius 2 is 2.46 bits per heavy atom. The summed E-state index contributed by atoms with van der Waals surface area (Å²) in [6.45, 7) is 0. The van der Waals surface area contributed by atoms with Crippen LogP contribution in [0.1, 0.15) is 12.8 Å². The highest BCUT2D eigenvalue weighted by molar-refractivity contribution is 9.11. The third kappa shape index (κ3) is 2.90. The zero-order chi connectivity index (χ0) is 9.90. The summed E-state index contributed by atoms with van der Waals surface area (Å²) in [5.74, 6) is -0.589. The molecule has 0 saturated heterocycles. The highest BCUT2D eigenvalue weighted by atomic mass is 79.9. The lowest BCUT2D eigenvalue weighted by Gasteiger charge is -2.24. The first-order valence-corrected chi connectivity index (χ1v) is 4.60. The molecule has 0 spiro atoms. The summed E-state index contributed by atoms with van der Waals surface area (Å²) in [4.78, 5) is 20.9. The van der Waals surface area contributed by atoms with E-state index in [1.165, 1.54) is 6.08 Å². The van der Waals surface area contributed by atoms with E-state index in [0.717, 1.165) is 4.48 Å². The molecule has 0 bridgehead atoms. The van der Waals surface area contributed by atoms with Gasteiger partial charge >= 0.3 is 0 Å². The molecule has 0 unspecified atom stereocenters. The third-order valence-electron chi connectivity index (χ3n) is 1.77. The average Bonchev–Trinajstić information content (AvgIpc) is 2.02. The first kappa shape index (κ1) is 10.3. The van der Waals surface area contributed by atoms with Crippen molar-refractivity contribution in [1.82, 2.24) is 0 Å². The molecule has 0 aromatic heterocycles. The number of carbonyl (C=O) groups excluding carboxylic acids is 2. The van der Waals surface area contributed by atoms with Crippen LogP contribution in [0.4, 0.5) is 0 Å². The summed E-state index contributed by atoms with van der Waals surface area (Å²) < 4.78 is 0.722. The second kappa shape index (κ2) is 3.98. The molecule has 70 valence electrons. The van der Waals surface area contributed by atoms with Gasteiger partial charge < -0.3 is 5.11 Å². The standard InChI is InChI=1S/C9H9BrO3/c10-7-2-1-3-9(13,4-7)5-8(12)6-11/h1-2,4,6,13H,3,5H2/t9-/m0/s1. The Kier molecular flexibility index (Phi) is 3.17. The molecule has 1 N–H and O–H groups in total. The lowest BCUT2D eigenvalue weighted by Crippen LogP contribution is -2.30. The fourth-order valence-electron chi connectivity index (χ4n) is 1.21. The van der Waals surface area contributed by atoms with Gasteiger partial charge in [0.2, 0.25) is 0 Å². The third-order valence-corrected chi connectivity index (χ3v) is 2.26. The number of aliphatic hydroxyl groups is 1. The minimum Gasteiger partial charge on any atom is -0.385 e. The van der Waals surface area contributed by atoms with E-state index in [0.29, 0.717) is 6.42 Å². The number of halogens is 1. The van der Waals surface area contributed by atoms with Gasteiger partial charge in [-0.1, -0.05) is 28.1 Å². The van der Waals surface area contributed by atoms with Gasteiger partial charge in [-0.3, -0.25) is 9.59 Å². The Hall–Kier alpha value is -0.740. The second-order valence-corrected chi connectivity index (χ2v) is 3.92. The zero-order valence-corrected chi connectivity index (χ0v) is 8.45. The molecule has 1 atom stereocenters. The van der Waals surface area contributed by atoms with Crippen molar-refractivity contribution in [2.24, 2.45) is 0 Å². The lowest BCUT2D eigenvalue weighted by molar-refractivity contribution is -0.132. The number of carbonyl (C=O) groups is 2. The SMILES string of the molecule is O=CC(=O)C[C@@]1(O)C=C(Br)C=CC1. The molecule has 1 rings (SSSR count). The fourth-order valence-corrected chi connectivity index (χ4v) is 1.82. The molecule has 1 aliphatic carbocycles. The summed E-state index contributed by atoms with van der Waals surface area (Å²) in [5, 5.41) is 9.81. The van der Waals surface area contributed by atoms with Crippen LogP contribution in [0.2, 0.25) is 0 Å². The molecular weight excluding hydrogens is 236 g/mol. The maximum absolute atomic E-state index is 10.8. The molecule has 1 aliphatic rings. The molecular formula is C9H9BrO3. The van der Waals surface area contributed by atoms with Crippen molar-refractivity contribution in [2.45, 2.75) is 18.4 Å². The fraction of sp³-hybridized carbons (Fsp3) is 0.333. The Bertz CT molecular complexity index is 293. The van der Waals surface area contributed by atoms with Crippen LogP contribution in [0.5, 0.6) is 0 Å². The number of hydrogen-bond donors (Lipinski definition) is 1. The second-order valence-electron chi connectivity index (χ2n) is 3.00. The minimum absolute atomic E-state index is 0.157. The van der Waals surface area contributed by atoms with Crippen molar-refractivity contribution < 1.29 is 14.7 Å². The number of hydrogen-bond acceptors (Lipinski definition) is 3. The Balaban J connectivity index is 2.72. The summed E-state index contributed by atoms with van der Waals surface area (Å²) in [6.07, 6.45) is 5.52. The van der Waals surface area contributed by atoms with Crippen molar-refractivity contribution >= 4 is 28.0 Å². The molecule has 13 heavy (non-hydrogen) atoms. The number of allylic oxidation sites excluding steroid dienone is 2. The molecule has 4 heteroatoms. The van der Waals surface area contributed by atoms with Gasteiger partial charge in [0.1, 0.15) is 0 Å². The van der Waals surface area contributed by atoms with Crippen molar-refractivity contribution in [1.29, 1.82) is 0 Å². The van der Waals surface area contributed by atoms with Crippen molar-refractivity contribution in [3.8, 4) is 0 Å². The zero-order valence-electron chi connectivity index (χ0n) is 6.87. The van der Waals surface area contributed by atoms with E-state index >= 15 is 0 Å². The summed E-state index contributed by atoms with van der Waals surface area (Å²) in [6, 6.07) is 0. The van der Waals surface area contributed by atoms with E-state index in [4.69, 9.17) is 0 Å². The van der Waals surface area contributed by atoms with Gasteiger partial charge in [0.15, 0.2) is 12.1 Å². The number of rotatable bonds is 3. The maximum Gasteiger partial charge on any atom is 0.198 e. The van der Waals surface area contributed by atoms with Crippen LogP contribution in [-0.4, -0.2) is 22.8 Å². The van der Waals surface area contributed by atoms with Crippen LogP contribution in [0.3, 0.4) is 0 Å². The van der Waals surface area contributed by atoms with E-state index in [1.807, 2.05) is 0 Å². The van der Waals surface area contributed by atoms with Gasteiger partial charge in [0.05, 0.1) is 5.60 Å². The monoisotopic (exact) mass is 244 g/mol. The van der Waals surface area contributed by atoms with Gasteiger partial charge in [-0.15, -0.1) is 0 Å². The van der Waals surface area contributed by atoms with Crippen LogP contribution < -0.4 is 0 Å². The van der Waals surface area contributed by atoms with Crippen LogP contribution in [0.25, 0.3) is 0 Å². The van der Waals surface area contributed by atoms with Crippen molar-refractivity contribution in [3.05, 3.63) is 22.7 Å². The largest absolute Gasteiger partial charge is 0.385 e. The number of aldehydes is 1. The molecule has 0 radical (unpaired) electrons. The van der Waals surface area contributed by atoms with E-state index in [1.54, 1.807) is 12.2 Å². The van der Waals surface area contributed by atoms with Gasteiger partial charge in [-0.2, -0.15) is 0 Å². The van der Waals surface area contributed by atoms with E-state index in [9.17, 15) is 14.7 Å². The normalized spacial score (nSPS) is 26.8. The maximum atomic E-state index is 10.8. The van der Waals surface area contributed by atoms with Gasteiger partial charge in [-0.25, -0.2) is 0 Å². The Morgan fingerprint density at radius 1 is 1.77 bits per heavy atom. The van der Waals surface area contributed by atoms with Crippen molar-refractivity contribution in [3.63, 3.8) is 0 Å². The first-order chi connectivity index (χ1) is 6.06. The van der Waals surface area contributed by atoms with E-state index in [2.05, 4.69) is 15.9 Å². The predicted molar refractivity (Wildman–Crippen MR) is 51.4 cm³/mol. The molecule has 0 aliphatic heterocycles. The van der Waals surface area contributed by atoms with Gasteiger partial charge in [-0.05, 0) is 12.5 Å². The van der Waals surface area contributed by atoms with E-state index in [-0.39, 0.29) is 12.7 Å². The molecule has 0 heterocycles. The van der Waals surface area contributed by atoms with Gasteiger partial charge in [0.25, 0.3) is 0 Å². The molecule has 0 saturated carbocycles. The van der Waals surface area contributed by atoms with Gasteiger partial charge in [0, 0.05) is 10.9 Å². The summed E-state index contributed by atoms with van der Waals surface area (Å²) >= 11 is 3.19. The quantitative estimate of drug-likeness (QED) is 0.598. The minimum atomic E-state index is -1.20. The first-order valence-electron chi connectivity index (χ1n) is 3.81. The molecule has 0 aromatic carbocycles. The Morgan fingerprint density at radius 3 is 3.00 bits per heavy atom. The molecule has 3 nitrogen and oxygen atoms in total. The summed E-state index contributed by atoms with van der Waals surface area (Å²) in [7, 11) is 0. The number of Topliss-reactive ketones (excluding diaryl/α,β-unsaturated/α-hetero) is 1. The van der Waals surface area contributed by atoms with Crippen LogP contribution in [0, 0.1) is 0 Å². The van der Waals surface area contributed by atoms with E-state index < -0.39 is 11.4 Å². The highest BCUT2D eigenvalue weighted by Gasteiger charge is 2.28. The molecule has 0 aromatic rings. The van der Waals surface area contributed by atoms with Crippen LogP contribution in [0.15, 0.2) is 22.7 Å². The molecule has 0 fully saturated rings. The lowest BCUT2D eigenvalue weighted by atomic mass is 9.90. The van der Waals surface area contributed by atoms with Crippen molar-refractivity contribution in [2.75, 3.05) is 0 Å². The molecule has 0 amide bonds. The van der Waals surface area contributed by atoms with Crippen LogP contribution >= 0.6 is 15.9 Å².